The first-order valence-electron chi connectivity index (χ1n) is 9.37. The van der Waals surface area contributed by atoms with E-state index in [4.69, 9.17) is 14.5 Å². The molecule has 0 bridgehead atoms. The molecule has 0 radical (unpaired) electrons. The molecule has 1 aromatic heterocycles. The predicted octanol–water partition coefficient (Wildman–Crippen LogP) is 2.59. The van der Waals surface area contributed by atoms with Crippen molar-refractivity contribution in [2.45, 2.75) is 66.5 Å². The van der Waals surface area contributed by atoms with Gasteiger partial charge in [-0.2, -0.15) is 0 Å². The van der Waals surface area contributed by atoms with Crippen LogP contribution in [0.5, 0.6) is 0 Å². The van der Waals surface area contributed by atoms with Crippen LogP contribution in [0.2, 0.25) is 0 Å². The lowest BCUT2D eigenvalue weighted by atomic mass is 9.85. The molecule has 1 aromatic rings. The van der Waals surface area contributed by atoms with Crippen LogP contribution in [-0.4, -0.2) is 35.8 Å². The standard InChI is InChI=1S/C20H30N2O4/c1-7-25-18(23)20(19(24)26-8-2)10-15-9-17(21-13(3)4)22(14(5)6)12-16(15)11-20/h9,12-14H,7-8,10-11H2,1-6H3. The molecule has 6 heteroatoms. The lowest BCUT2D eigenvalue weighted by Gasteiger charge is -2.23. The van der Waals surface area contributed by atoms with Gasteiger partial charge in [0, 0.05) is 24.7 Å². The van der Waals surface area contributed by atoms with Gasteiger partial charge in [-0.15, -0.1) is 0 Å². The summed E-state index contributed by atoms with van der Waals surface area (Å²) in [5, 5.41) is 0. The first kappa shape index (κ1) is 20.2. The maximum absolute atomic E-state index is 12.7. The first-order valence-corrected chi connectivity index (χ1v) is 9.37. The molecular formula is C20H30N2O4. The number of carbonyl (C=O) groups is 2. The fourth-order valence-corrected chi connectivity index (χ4v) is 3.37. The van der Waals surface area contributed by atoms with E-state index in [9.17, 15) is 9.59 Å². The van der Waals surface area contributed by atoms with E-state index in [0.29, 0.717) is 12.8 Å². The number of esters is 2. The van der Waals surface area contributed by atoms with E-state index in [1.807, 2.05) is 26.1 Å². The van der Waals surface area contributed by atoms with Crippen molar-refractivity contribution in [3.8, 4) is 0 Å². The highest BCUT2D eigenvalue weighted by atomic mass is 16.6. The zero-order valence-electron chi connectivity index (χ0n) is 16.7. The summed E-state index contributed by atoms with van der Waals surface area (Å²) in [7, 11) is 0. The number of nitrogens with zero attached hydrogens (tertiary/aromatic N) is 2. The lowest BCUT2D eigenvalue weighted by molar-refractivity contribution is -0.171. The van der Waals surface area contributed by atoms with E-state index in [0.717, 1.165) is 16.6 Å². The zero-order valence-corrected chi connectivity index (χ0v) is 16.7. The third kappa shape index (κ3) is 3.84. The van der Waals surface area contributed by atoms with Gasteiger partial charge in [-0.25, -0.2) is 0 Å². The summed E-state index contributed by atoms with van der Waals surface area (Å²) in [6, 6.07) is 2.37. The third-order valence-electron chi connectivity index (χ3n) is 4.54. The van der Waals surface area contributed by atoms with Crippen molar-refractivity contribution in [2.75, 3.05) is 13.2 Å². The predicted molar refractivity (Wildman–Crippen MR) is 98.6 cm³/mol. The Morgan fingerprint density at radius 1 is 1.08 bits per heavy atom. The summed E-state index contributed by atoms with van der Waals surface area (Å²) in [6.45, 7) is 12.2. The maximum Gasteiger partial charge on any atom is 0.324 e. The van der Waals surface area contributed by atoms with Crippen molar-refractivity contribution < 1.29 is 19.1 Å². The quantitative estimate of drug-likeness (QED) is 0.576. The average molecular weight is 362 g/mol. The molecule has 0 spiro atoms. The molecule has 0 aromatic carbocycles. The Hall–Kier alpha value is -2.11. The number of aromatic nitrogens is 1. The van der Waals surface area contributed by atoms with Gasteiger partial charge in [-0.1, -0.05) is 0 Å². The minimum atomic E-state index is -1.29. The molecule has 0 atom stereocenters. The number of ether oxygens (including phenoxy) is 2. The van der Waals surface area contributed by atoms with Crippen LogP contribution in [0.25, 0.3) is 0 Å². The van der Waals surface area contributed by atoms with Gasteiger partial charge < -0.3 is 14.0 Å². The largest absolute Gasteiger partial charge is 0.465 e. The average Bonchev–Trinajstić information content (AvgIpc) is 2.93. The van der Waals surface area contributed by atoms with E-state index in [-0.39, 0.29) is 25.3 Å². The van der Waals surface area contributed by atoms with Gasteiger partial charge in [0.2, 0.25) is 0 Å². The molecule has 2 rings (SSSR count). The Morgan fingerprint density at radius 2 is 1.62 bits per heavy atom. The van der Waals surface area contributed by atoms with Gasteiger partial charge in [0.15, 0.2) is 5.41 Å². The number of fused-ring (bicyclic) bond motifs is 1. The molecule has 0 N–H and O–H groups in total. The molecule has 144 valence electrons. The molecule has 1 aliphatic carbocycles. The summed E-state index contributed by atoms with van der Waals surface area (Å²) in [5.74, 6) is -1.01. The molecular weight excluding hydrogens is 332 g/mol. The monoisotopic (exact) mass is 362 g/mol. The summed E-state index contributed by atoms with van der Waals surface area (Å²) in [5.41, 5.74) is 1.50. The van der Waals surface area contributed by atoms with Gasteiger partial charge in [-0.05, 0) is 65.2 Å². The van der Waals surface area contributed by atoms with Gasteiger partial charge in [0.25, 0.3) is 0 Å². The number of pyridine rings is 1. The normalized spacial score (nSPS) is 16.1. The van der Waals surface area contributed by atoms with E-state index >= 15 is 0 Å². The molecule has 0 amide bonds. The van der Waals surface area contributed by atoms with Gasteiger partial charge >= 0.3 is 11.9 Å². The summed E-state index contributed by atoms with van der Waals surface area (Å²) < 4.78 is 12.5. The van der Waals surface area contributed by atoms with Crippen molar-refractivity contribution in [3.63, 3.8) is 0 Å². The van der Waals surface area contributed by atoms with Crippen LogP contribution in [0.4, 0.5) is 0 Å². The summed E-state index contributed by atoms with van der Waals surface area (Å²) in [4.78, 5) is 30.1. The highest BCUT2D eigenvalue weighted by Crippen LogP contribution is 2.39. The fraction of sp³-hybridized carbons (Fsp3) is 0.650. The Balaban J connectivity index is 2.55. The van der Waals surface area contributed by atoms with E-state index in [2.05, 4.69) is 18.4 Å². The molecule has 0 aliphatic heterocycles. The molecule has 26 heavy (non-hydrogen) atoms. The van der Waals surface area contributed by atoms with Crippen LogP contribution in [0.15, 0.2) is 17.3 Å². The third-order valence-corrected chi connectivity index (χ3v) is 4.54. The molecule has 6 nitrogen and oxygen atoms in total. The second-order valence-corrected chi connectivity index (χ2v) is 7.28. The second-order valence-electron chi connectivity index (χ2n) is 7.28. The second kappa shape index (κ2) is 8.06. The Bertz CT molecular complexity index is 729. The van der Waals surface area contributed by atoms with E-state index in [1.165, 1.54) is 0 Å². The van der Waals surface area contributed by atoms with Crippen LogP contribution in [0, 0.1) is 5.41 Å². The minimum absolute atomic E-state index is 0.152. The molecule has 0 fully saturated rings. The van der Waals surface area contributed by atoms with Crippen LogP contribution in [0.3, 0.4) is 0 Å². The number of hydrogen-bond acceptors (Lipinski definition) is 5. The van der Waals surface area contributed by atoms with Crippen molar-refractivity contribution in [3.05, 3.63) is 28.9 Å². The molecule has 0 saturated carbocycles. The SMILES string of the molecule is CCOC(=O)C1(C(=O)OCC)Cc2cc(=NC(C)C)n(C(C)C)cc2C1. The van der Waals surface area contributed by atoms with Crippen LogP contribution < -0.4 is 5.49 Å². The highest BCUT2D eigenvalue weighted by Gasteiger charge is 2.53. The Labute approximate surface area is 155 Å². The summed E-state index contributed by atoms with van der Waals surface area (Å²) in [6.07, 6.45) is 2.61. The van der Waals surface area contributed by atoms with E-state index < -0.39 is 17.4 Å². The number of rotatable bonds is 6. The molecule has 1 heterocycles. The lowest BCUT2D eigenvalue weighted by Crippen LogP contribution is -2.43. The van der Waals surface area contributed by atoms with Crippen molar-refractivity contribution >= 4 is 11.9 Å². The topological polar surface area (TPSA) is 69.9 Å². The zero-order chi connectivity index (χ0) is 19.5. The van der Waals surface area contributed by atoms with Crippen LogP contribution in [-0.2, 0) is 31.9 Å². The Morgan fingerprint density at radius 3 is 2.08 bits per heavy atom. The van der Waals surface area contributed by atoms with Gasteiger partial charge in [0.05, 0.1) is 13.2 Å². The van der Waals surface area contributed by atoms with Crippen LogP contribution in [0.1, 0.15) is 58.7 Å². The molecule has 1 aliphatic rings. The molecule has 0 unspecified atom stereocenters. The highest BCUT2D eigenvalue weighted by molar-refractivity contribution is 6.01. The van der Waals surface area contributed by atoms with E-state index in [1.54, 1.807) is 13.8 Å². The summed E-state index contributed by atoms with van der Waals surface area (Å²) >= 11 is 0. The number of carbonyl (C=O) groups excluding carboxylic acids is 2. The Kier molecular flexibility index (Phi) is 6.26. The smallest absolute Gasteiger partial charge is 0.324 e. The first-order chi connectivity index (χ1) is 12.2. The van der Waals surface area contributed by atoms with Crippen molar-refractivity contribution in [2.24, 2.45) is 10.4 Å². The van der Waals surface area contributed by atoms with Crippen molar-refractivity contribution in [1.82, 2.24) is 4.57 Å². The van der Waals surface area contributed by atoms with Crippen molar-refractivity contribution in [1.29, 1.82) is 0 Å². The minimum Gasteiger partial charge on any atom is -0.465 e. The molecule has 0 saturated heterocycles. The number of hydrogen-bond donors (Lipinski definition) is 0. The fourth-order valence-electron chi connectivity index (χ4n) is 3.37. The maximum atomic E-state index is 12.7. The van der Waals surface area contributed by atoms with Gasteiger partial charge in [0.1, 0.15) is 5.49 Å². The van der Waals surface area contributed by atoms with Crippen LogP contribution >= 0.6 is 0 Å². The van der Waals surface area contributed by atoms with Gasteiger partial charge in [-0.3, -0.25) is 14.6 Å².